The molecule has 1 saturated carbocycles. The lowest BCUT2D eigenvalue weighted by Crippen LogP contribution is -2.48. The Labute approximate surface area is 230 Å². The molecule has 2 fully saturated rings. The van der Waals surface area contributed by atoms with E-state index in [-0.39, 0.29) is 36.3 Å². The van der Waals surface area contributed by atoms with Crippen LogP contribution in [0.5, 0.6) is 0 Å². The molecule has 37 heavy (non-hydrogen) atoms. The number of hydrogen-bond donors (Lipinski definition) is 3. The molecule has 2 aliphatic heterocycles. The zero-order chi connectivity index (χ0) is 24.6. The maximum absolute atomic E-state index is 13.1. The van der Waals surface area contributed by atoms with E-state index < -0.39 is 0 Å². The number of rotatable bonds is 5. The van der Waals surface area contributed by atoms with Crippen LogP contribution in [0.2, 0.25) is 5.02 Å². The second kappa shape index (κ2) is 11.3. The predicted octanol–water partition coefficient (Wildman–Crippen LogP) is 4.32. The molecule has 198 valence electrons. The van der Waals surface area contributed by atoms with E-state index in [1.54, 1.807) is 6.07 Å². The Bertz CT molecular complexity index is 1290. The molecule has 4 heterocycles. The van der Waals surface area contributed by atoms with Gasteiger partial charge in [-0.25, -0.2) is 4.98 Å². The fourth-order valence-corrected chi connectivity index (χ4v) is 6.90. The van der Waals surface area contributed by atoms with Gasteiger partial charge in [0.1, 0.15) is 5.69 Å². The van der Waals surface area contributed by atoms with Crippen molar-refractivity contribution in [3.05, 3.63) is 50.6 Å². The van der Waals surface area contributed by atoms with E-state index in [1.807, 2.05) is 18.2 Å². The van der Waals surface area contributed by atoms with Gasteiger partial charge in [-0.05, 0) is 56.4 Å². The van der Waals surface area contributed by atoms with Crippen LogP contribution in [0.3, 0.4) is 0 Å². The number of fused-ring (bicyclic) bond motifs is 2. The number of thiazole rings is 1. The van der Waals surface area contributed by atoms with Crippen LogP contribution in [0, 0.1) is 0 Å². The zero-order valence-corrected chi connectivity index (χ0v) is 22.8. The van der Waals surface area contributed by atoms with Crippen molar-refractivity contribution in [3.63, 3.8) is 0 Å². The van der Waals surface area contributed by atoms with Crippen LogP contribution in [0.25, 0.3) is 10.9 Å². The molecule has 2 aromatic heterocycles. The molecule has 1 saturated heterocycles. The monoisotopic (exact) mass is 563 g/mol. The largest absolute Gasteiger partial charge is 0.381 e. The first kappa shape index (κ1) is 26.4. The molecule has 2 atom stereocenters. The highest BCUT2D eigenvalue weighted by atomic mass is 35.5. The number of amides is 2. The van der Waals surface area contributed by atoms with Crippen molar-refractivity contribution in [3.8, 4) is 0 Å². The number of H-pyrrole nitrogens is 1. The Morgan fingerprint density at radius 3 is 2.62 bits per heavy atom. The van der Waals surface area contributed by atoms with Crippen molar-refractivity contribution in [2.24, 2.45) is 0 Å². The Kier molecular flexibility index (Phi) is 8.07. The third-order valence-corrected chi connectivity index (χ3v) is 8.95. The van der Waals surface area contributed by atoms with Crippen molar-refractivity contribution in [2.75, 3.05) is 19.8 Å². The summed E-state index contributed by atoms with van der Waals surface area (Å²) in [7, 11) is 0. The van der Waals surface area contributed by atoms with Crippen LogP contribution in [-0.4, -0.2) is 64.6 Å². The topological polar surface area (TPSA) is 99.3 Å². The summed E-state index contributed by atoms with van der Waals surface area (Å²) in [5, 5.41) is 8.33. The highest BCUT2D eigenvalue weighted by Gasteiger charge is 2.33. The summed E-state index contributed by atoms with van der Waals surface area (Å²) in [5.74, 6) is -0.315. The van der Waals surface area contributed by atoms with E-state index in [0.29, 0.717) is 21.8 Å². The van der Waals surface area contributed by atoms with Gasteiger partial charge in [0.15, 0.2) is 5.01 Å². The number of nitrogens with one attached hydrogen (secondary N) is 3. The van der Waals surface area contributed by atoms with Crippen molar-refractivity contribution < 1.29 is 14.3 Å². The molecule has 2 amide bonds. The quantitative estimate of drug-likeness (QED) is 0.429. The van der Waals surface area contributed by atoms with E-state index in [2.05, 4.69) is 25.5 Å². The van der Waals surface area contributed by atoms with Gasteiger partial charge < -0.3 is 20.4 Å². The van der Waals surface area contributed by atoms with Crippen LogP contribution in [0.1, 0.15) is 63.0 Å². The fourth-order valence-electron chi connectivity index (χ4n) is 5.68. The Morgan fingerprint density at radius 1 is 1.08 bits per heavy atom. The molecule has 3 aromatic rings. The van der Waals surface area contributed by atoms with Gasteiger partial charge >= 0.3 is 0 Å². The van der Waals surface area contributed by atoms with Gasteiger partial charge in [-0.1, -0.05) is 11.6 Å². The van der Waals surface area contributed by atoms with Gasteiger partial charge in [0.25, 0.3) is 11.8 Å². The summed E-state index contributed by atoms with van der Waals surface area (Å²) < 4.78 is 5.51. The minimum Gasteiger partial charge on any atom is -0.381 e. The standard InChI is InChI=1S/C26H30ClN5O3S.ClH/c27-16-4-5-18-15(12-16)13-22(28-18)24(33)29-19-2-1-3-20(19)30-25(34)26-31-21-6-9-32(14-23(21)36-26)17-7-10-35-11-8-17;/h4-5,12-13,17,19-20,28H,1-3,6-11,14H2,(H,29,33)(H,30,34);1H/t19-,20-;/m1./s1. The van der Waals surface area contributed by atoms with Gasteiger partial charge in [-0.2, -0.15) is 0 Å². The maximum atomic E-state index is 13.1. The van der Waals surface area contributed by atoms with Crippen molar-refractivity contribution in [2.45, 2.75) is 63.2 Å². The number of carbonyl (C=O) groups excluding carboxylic acids is 2. The van der Waals surface area contributed by atoms with Crippen LogP contribution in [0.15, 0.2) is 24.3 Å². The minimum atomic E-state index is -0.175. The lowest BCUT2D eigenvalue weighted by molar-refractivity contribution is 0.0293. The molecule has 1 aliphatic carbocycles. The summed E-state index contributed by atoms with van der Waals surface area (Å²) in [6.45, 7) is 3.51. The lowest BCUT2D eigenvalue weighted by atomic mass is 10.0. The van der Waals surface area contributed by atoms with Crippen LogP contribution < -0.4 is 10.6 Å². The smallest absolute Gasteiger partial charge is 0.280 e. The molecule has 0 unspecified atom stereocenters. The van der Waals surface area contributed by atoms with Crippen molar-refractivity contribution >= 4 is 58.1 Å². The third-order valence-electron chi connectivity index (χ3n) is 7.64. The Morgan fingerprint density at radius 2 is 1.84 bits per heavy atom. The molecule has 1 aromatic carbocycles. The second-order valence-corrected chi connectivity index (χ2v) is 11.5. The predicted molar refractivity (Wildman–Crippen MR) is 147 cm³/mol. The second-order valence-electron chi connectivity index (χ2n) is 9.96. The molecular weight excluding hydrogens is 533 g/mol. The average molecular weight is 565 g/mol. The van der Waals surface area contributed by atoms with Gasteiger partial charge in [-0.15, -0.1) is 23.7 Å². The molecule has 3 N–H and O–H groups in total. The first-order valence-electron chi connectivity index (χ1n) is 12.7. The molecule has 6 rings (SSSR count). The molecule has 0 spiro atoms. The van der Waals surface area contributed by atoms with Crippen LogP contribution in [-0.2, 0) is 17.7 Å². The summed E-state index contributed by atoms with van der Waals surface area (Å²) in [4.78, 5) is 37.6. The Hall–Kier alpha value is -2.17. The van der Waals surface area contributed by atoms with E-state index in [9.17, 15) is 9.59 Å². The number of benzene rings is 1. The van der Waals surface area contributed by atoms with E-state index in [4.69, 9.17) is 16.3 Å². The van der Waals surface area contributed by atoms with Crippen molar-refractivity contribution in [1.29, 1.82) is 0 Å². The number of aromatic amines is 1. The summed E-state index contributed by atoms with van der Waals surface area (Å²) >= 11 is 7.58. The lowest BCUT2D eigenvalue weighted by Gasteiger charge is -2.36. The van der Waals surface area contributed by atoms with Crippen LogP contribution >= 0.6 is 35.3 Å². The molecular formula is C26H31Cl2N5O3S. The zero-order valence-electron chi connectivity index (χ0n) is 20.4. The molecule has 3 aliphatic rings. The first-order chi connectivity index (χ1) is 17.5. The molecule has 0 radical (unpaired) electrons. The van der Waals surface area contributed by atoms with Gasteiger partial charge in [-0.3, -0.25) is 14.5 Å². The van der Waals surface area contributed by atoms with Gasteiger partial charge in [0.05, 0.1) is 5.69 Å². The normalized spacial score (nSPS) is 22.4. The average Bonchev–Trinajstić information content (AvgIpc) is 3.62. The first-order valence-corrected chi connectivity index (χ1v) is 13.9. The SMILES string of the molecule is Cl.O=C(N[C@@H]1CCC[C@H]1NC(=O)c1nc2c(s1)CN(C1CCOCC1)CC2)c1cc2cc(Cl)ccc2[nH]1. The van der Waals surface area contributed by atoms with Gasteiger partial charge in [0.2, 0.25) is 0 Å². The fraction of sp³-hybridized carbons (Fsp3) is 0.500. The summed E-state index contributed by atoms with van der Waals surface area (Å²) in [5.41, 5.74) is 2.42. The highest BCUT2D eigenvalue weighted by Crippen LogP contribution is 2.29. The third kappa shape index (κ3) is 5.66. The van der Waals surface area contributed by atoms with E-state index in [1.165, 1.54) is 16.2 Å². The van der Waals surface area contributed by atoms with Crippen LogP contribution in [0.4, 0.5) is 0 Å². The number of ether oxygens (including phenoxy) is 1. The van der Waals surface area contributed by atoms with E-state index >= 15 is 0 Å². The van der Waals surface area contributed by atoms with Gasteiger partial charge in [0, 0.05) is 71.7 Å². The Balaban J connectivity index is 0.00000280. The maximum Gasteiger partial charge on any atom is 0.280 e. The summed E-state index contributed by atoms with van der Waals surface area (Å²) in [6.07, 6.45) is 5.64. The van der Waals surface area contributed by atoms with E-state index in [0.717, 1.165) is 81.4 Å². The minimum absolute atomic E-state index is 0. The number of aromatic nitrogens is 2. The number of hydrogen-bond acceptors (Lipinski definition) is 6. The highest BCUT2D eigenvalue weighted by molar-refractivity contribution is 7.13. The molecule has 11 heteroatoms. The molecule has 0 bridgehead atoms. The number of nitrogens with zero attached hydrogens (tertiary/aromatic N) is 2. The molecule has 8 nitrogen and oxygen atoms in total. The number of halogens is 2. The van der Waals surface area contributed by atoms with Crippen molar-refractivity contribution in [1.82, 2.24) is 25.5 Å². The summed E-state index contributed by atoms with van der Waals surface area (Å²) in [6, 6.07) is 7.63. The number of carbonyl (C=O) groups is 2.